The maximum Gasteiger partial charge on any atom is 0.222 e. The number of pyridine rings is 1. The molecule has 1 aliphatic carbocycles. The Labute approximate surface area is 239 Å². The lowest BCUT2D eigenvalue weighted by molar-refractivity contribution is 0.108. The highest BCUT2D eigenvalue weighted by molar-refractivity contribution is 6.65. The third-order valence-electron chi connectivity index (χ3n) is 7.87. The number of ether oxygens (including phenoxy) is 2. The van der Waals surface area contributed by atoms with E-state index in [1.807, 2.05) is 19.2 Å². The van der Waals surface area contributed by atoms with Crippen LogP contribution in [-0.4, -0.2) is 61.3 Å². The highest BCUT2D eigenvalue weighted by atomic mass is 35.5. The SMILES string of the molecule is CO[C@H]1CC[C@H](Nc2ccnc(C3=CN=C(Cl)CC3(N)[C@@H](C)CCOc3c(-c4nccc(N)n4)cnn3C)c2)C1. The van der Waals surface area contributed by atoms with E-state index in [-0.39, 0.29) is 5.92 Å². The van der Waals surface area contributed by atoms with Gasteiger partial charge in [0.25, 0.3) is 0 Å². The van der Waals surface area contributed by atoms with Crippen molar-refractivity contribution in [3.05, 3.63) is 48.7 Å². The van der Waals surface area contributed by atoms with Gasteiger partial charge in [0.2, 0.25) is 5.88 Å². The zero-order chi connectivity index (χ0) is 28.3. The summed E-state index contributed by atoms with van der Waals surface area (Å²) in [5, 5.41) is 8.42. The van der Waals surface area contributed by atoms with Crippen molar-refractivity contribution in [3.63, 3.8) is 0 Å². The Morgan fingerprint density at radius 2 is 2.08 bits per heavy atom. The van der Waals surface area contributed by atoms with Gasteiger partial charge in [0.15, 0.2) is 5.82 Å². The molecule has 4 atom stereocenters. The normalized spacial score (nSPS) is 23.4. The van der Waals surface area contributed by atoms with E-state index in [9.17, 15) is 0 Å². The highest BCUT2D eigenvalue weighted by Crippen LogP contribution is 2.39. The number of methoxy groups -OCH3 is 1. The molecule has 5 N–H and O–H groups in total. The number of hydrogen-bond donors (Lipinski definition) is 3. The standard InChI is InChI=1S/C28H36ClN9O2/c1-17(8-11-40-27-21(15-35-38(27)2)26-33-10-7-25(30)37-26)28(31)14-24(29)34-16-22(28)23-13-19(6-9-32-23)36-18-4-5-20(12-18)39-3/h6-7,9-10,13,15-18,20H,4-5,8,11-12,14,31H2,1-3H3,(H,32,36)(H2,30,33,37)/t17-,18-,20-,28?/m0/s1. The molecule has 0 amide bonds. The van der Waals surface area contributed by atoms with Gasteiger partial charge in [-0.05, 0) is 49.8 Å². The van der Waals surface area contributed by atoms with Crippen LogP contribution in [0, 0.1) is 5.92 Å². The fraction of sp³-hybridized carbons (Fsp3) is 0.464. The second-order valence-corrected chi connectivity index (χ2v) is 11.0. The molecule has 3 aromatic rings. The van der Waals surface area contributed by atoms with Crippen molar-refractivity contribution in [2.24, 2.45) is 23.7 Å². The summed E-state index contributed by atoms with van der Waals surface area (Å²) in [7, 11) is 3.58. The molecule has 1 aliphatic heterocycles. The summed E-state index contributed by atoms with van der Waals surface area (Å²) in [5.74, 6) is 1.38. The molecule has 4 heterocycles. The van der Waals surface area contributed by atoms with Crippen LogP contribution in [0.2, 0.25) is 0 Å². The molecule has 11 nitrogen and oxygen atoms in total. The van der Waals surface area contributed by atoms with E-state index in [1.54, 1.807) is 42.6 Å². The maximum absolute atomic E-state index is 7.13. The quantitative estimate of drug-likeness (QED) is 0.331. The second kappa shape index (κ2) is 11.9. The largest absolute Gasteiger partial charge is 0.477 e. The number of nitrogens with one attached hydrogen (secondary N) is 1. The Morgan fingerprint density at radius 1 is 1.25 bits per heavy atom. The van der Waals surface area contributed by atoms with Crippen LogP contribution in [0.4, 0.5) is 11.5 Å². The molecule has 0 aromatic carbocycles. The predicted molar refractivity (Wildman–Crippen MR) is 157 cm³/mol. The minimum absolute atomic E-state index is 0.0148. The van der Waals surface area contributed by atoms with Crippen LogP contribution >= 0.6 is 11.6 Å². The summed E-state index contributed by atoms with van der Waals surface area (Å²) < 4.78 is 13.4. The summed E-state index contributed by atoms with van der Waals surface area (Å²) in [6, 6.07) is 6.02. The molecule has 1 fully saturated rings. The minimum Gasteiger partial charge on any atom is -0.477 e. The van der Waals surface area contributed by atoms with Crippen LogP contribution in [0.3, 0.4) is 0 Å². The predicted octanol–water partition coefficient (Wildman–Crippen LogP) is 4.02. The van der Waals surface area contributed by atoms with Gasteiger partial charge in [-0.2, -0.15) is 5.10 Å². The zero-order valence-electron chi connectivity index (χ0n) is 23.0. The van der Waals surface area contributed by atoms with E-state index in [2.05, 4.69) is 37.3 Å². The number of aromatic nitrogens is 5. The summed E-state index contributed by atoms with van der Waals surface area (Å²) in [6.45, 7) is 2.50. The highest BCUT2D eigenvalue weighted by Gasteiger charge is 2.40. The molecule has 12 heteroatoms. The van der Waals surface area contributed by atoms with Crippen LogP contribution in [0.25, 0.3) is 17.0 Å². The number of rotatable bonds is 10. The summed E-state index contributed by atoms with van der Waals surface area (Å²) >= 11 is 6.42. The first-order valence-electron chi connectivity index (χ1n) is 13.5. The lowest BCUT2D eigenvalue weighted by Crippen LogP contribution is -2.50. The van der Waals surface area contributed by atoms with Crippen molar-refractivity contribution in [3.8, 4) is 17.3 Å². The molecule has 2 aliphatic rings. The van der Waals surface area contributed by atoms with E-state index < -0.39 is 5.54 Å². The van der Waals surface area contributed by atoms with Crippen LogP contribution in [0.1, 0.15) is 44.7 Å². The van der Waals surface area contributed by atoms with Crippen molar-refractivity contribution >= 4 is 33.9 Å². The number of nitrogens with two attached hydrogens (primary N) is 2. The molecular weight excluding hydrogens is 530 g/mol. The number of nitrogen functional groups attached to an aromatic ring is 1. The van der Waals surface area contributed by atoms with Crippen molar-refractivity contribution < 1.29 is 9.47 Å². The van der Waals surface area contributed by atoms with Gasteiger partial charge in [-0.3, -0.25) is 4.98 Å². The van der Waals surface area contributed by atoms with E-state index in [0.717, 1.165) is 36.2 Å². The van der Waals surface area contributed by atoms with Gasteiger partial charge >= 0.3 is 0 Å². The first-order valence-corrected chi connectivity index (χ1v) is 13.9. The fourth-order valence-corrected chi connectivity index (χ4v) is 5.68. The summed E-state index contributed by atoms with van der Waals surface area (Å²) in [6.07, 6.45) is 11.3. The minimum atomic E-state index is -0.783. The van der Waals surface area contributed by atoms with Gasteiger partial charge in [-0.1, -0.05) is 18.5 Å². The molecule has 0 spiro atoms. The maximum atomic E-state index is 7.13. The first-order chi connectivity index (χ1) is 19.3. The Morgan fingerprint density at radius 3 is 2.85 bits per heavy atom. The Balaban J connectivity index is 1.29. The van der Waals surface area contributed by atoms with Gasteiger partial charge in [0.1, 0.15) is 16.6 Å². The van der Waals surface area contributed by atoms with Gasteiger partial charge in [-0.25, -0.2) is 19.6 Å². The molecular formula is C28H36ClN9O2. The van der Waals surface area contributed by atoms with Gasteiger partial charge in [0.05, 0.1) is 30.1 Å². The summed E-state index contributed by atoms with van der Waals surface area (Å²) in [4.78, 5) is 17.7. The number of anilines is 2. The molecule has 40 heavy (non-hydrogen) atoms. The Bertz CT molecular complexity index is 1410. The van der Waals surface area contributed by atoms with Crippen molar-refractivity contribution in [1.82, 2.24) is 24.7 Å². The molecule has 5 rings (SSSR count). The molecule has 3 aromatic heterocycles. The van der Waals surface area contributed by atoms with E-state index >= 15 is 0 Å². The number of halogens is 1. The lowest BCUT2D eigenvalue weighted by atomic mass is 9.74. The van der Waals surface area contributed by atoms with Crippen LogP contribution < -0.4 is 21.5 Å². The topological polar surface area (TPSA) is 151 Å². The average Bonchev–Trinajstić information content (AvgIpc) is 3.54. The smallest absolute Gasteiger partial charge is 0.222 e. The van der Waals surface area contributed by atoms with E-state index in [0.29, 0.717) is 59.9 Å². The molecule has 1 saturated carbocycles. The third kappa shape index (κ3) is 5.96. The lowest BCUT2D eigenvalue weighted by Gasteiger charge is -2.39. The molecule has 212 valence electrons. The average molecular weight is 566 g/mol. The number of nitrogens with zero attached hydrogens (tertiary/aromatic N) is 6. The first kappa shape index (κ1) is 28.0. The molecule has 1 unspecified atom stereocenters. The van der Waals surface area contributed by atoms with Crippen molar-refractivity contribution in [2.75, 3.05) is 24.8 Å². The Kier molecular flexibility index (Phi) is 8.34. The zero-order valence-corrected chi connectivity index (χ0v) is 23.8. The summed E-state index contributed by atoms with van der Waals surface area (Å²) in [5.41, 5.74) is 15.5. The van der Waals surface area contributed by atoms with Crippen LogP contribution in [0.5, 0.6) is 5.88 Å². The number of aliphatic imine (C=N–C) groups is 1. The second-order valence-electron chi connectivity index (χ2n) is 10.5. The molecule has 0 radical (unpaired) electrons. The van der Waals surface area contributed by atoms with E-state index in [4.69, 9.17) is 32.5 Å². The monoisotopic (exact) mass is 565 g/mol. The van der Waals surface area contributed by atoms with Crippen LogP contribution in [-0.2, 0) is 11.8 Å². The van der Waals surface area contributed by atoms with Crippen molar-refractivity contribution in [2.45, 2.75) is 56.7 Å². The molecule has 0 bridgehead atoms. The van der Waals surface area contributed by atoms with Gasteiger partial charge in [-0.15, -0.1) is 0 Å². The van der Waals surface area contributed by atoms with Crippen molar-refractivity contribution in [1.29, 1.82) is 0 Å². The van der Waals surface area contributed by atoms with E-state index in [1.165, 1.54) is 0 Å². The Hall–Kier alpha value is -3.54. The number of hydrogen-bond acceptors (Lipinski definition) is 10. The third-order valence-corrected chi connectivity index (χ3v) is 8.10. The fourth-order valence-electron chi connectivity index (χ4n) is 5.41. The van der Waals surface area contributed by atoms with Gasteiger partial charge in [0, 0.05) is 56.5 Å². The number of aryl methyl sites for hydroxylation is 1. The van der Waals surface area contributed by atoms with Crippen LogP contribution in [0.15, 0.2) is 48.0 Å². The van der Waals surface area contributed by atoms with Gasteiger partial charge < -0.3 is 26.3 Å². The molecule has 0 saturated heterocycles.